The van der Waals surface area contributed by atoms with Crippen LogP contribution in [0.15, 0.2) is 82.8 Å². The van der Waals surface area contributed by atoms with Gasteiger partial charge in [0.2, 0.25) is 15.9 Å². The maximum atomic E-state index is 12.9. The van der Waals surface area contributed by atoms with Gasteiger partial charge in [-0.25, -0.2) is 8.42 Å². The predicted octanol–water partition coefficient (Wildman–Crippen LogP) is 3.63. The molecule has 1 amide bonds. The normalized spacial score (nSPS) is 11.6. The van der Waals surface area contributed by atoms with E-state index in [0.717, 1.165) is 9.71 Å². The average molecular weight is 441 g/mol. The van der Waals surface area contributed by atoms with E-state index < -0.39 is 27.4 Å². The summed E-state index contributed by atoms with van der Waals surface area (Å²) in [5, 5.41) is 14.4. The number of non-ortho nitro benzene ring substituents is 1. The van der Waals surface area contributed by atoms with Crippen molar-refractivity contribution >= 4 is 33.4 Å². The Balaban J connectivity index is 1.78. The SMILES string of the molecule is O=C(CN(Cc1ccco1)S(=O)(=O)/C=C/c1ccccc1)Nc1cccc([N+](=O)[O-])c1. The lowest BCUT2D eigenvalue weighted by Crippen LogP contribution is -2.36. The highest BCUT2D eigenvalue weighted by molar-refractivity contribution is 7.92. The summed E-state index contributed by atoms with van der Waals surface area (Å²) in [4.78, 5) is 22.8. The molecule has 10 heteroatoms. The summed E-state index contributed by atoms with van der Waals surface area (Å²) >= 11 is 0. The van der Waals surface area contributed by atoms with Gasteiger partial charge in [0.15, 0.2) is 0 Å². The zero-order chi connectivity index (χ0) is 22.3. The molecule has 0 saturated heterocycles. The third-order valence-electron chi connectivity index (χ3n) is 4.16. The molecular formula is C21H19N3O6S. The van der Waals surface area contributed by atoms with Gasteiger partial charge in [0.05, 0.1) is 24.3 Å². The van der Waals surface area contributed by atoms with Crippen LogP contribution in [0.4, 0.5) is 11.4 Å². The van der Waals surface area contributed by atoms with Crippen molar-refractivity contribution in [3.05, 3.63) is 99.8 Å². The van der Waals surface area contributed by atoms with E-state index in [1.165, 1.54) is 36.6 Å². The number of hydrogen-bond acceptors (Lipinski definition) is 6. The number of carbonyl (C=O) groups excluding carboxylic acids is 1. The van der Waals surface area contributed by atoms with E-state index in [2.05, 4.69) is 5.32 Å². The largest absolute Gasteiger partial charge is 0.468 e. The highest BCUT2D eigenvalue weighted by Gasteiger charge is 2.24. The van der Waals surface area contributed by atoms with E-state index >= 15 is 0 Å². The Morgan fingerprint density at radius 1 is 1.10 bits per heavy atom. The number of benzene rings is 2. The fourth-order valence-corrected chi connectivity index (χ4v) is 3.79. The Kier molecular flexibility index (Phi) is 6.96. The standard InChI is InChI=1S/C21H19N3O6S/c25-21(22-18-8-4-9-19(14-18)24(26)27)16-23(15-20-10-5-12-30-20)31(28,29)13-11-17-6-2-1-3-7-17/h1-14H,15-16H2,(H,22,25)/b13-11+. The van der Waals surface area contributed by atoms with Gasteiger partial charge < -0.3 is 9.73 Å². The number of rotatable bonds is 9. The van der Waals surface area contributed by atoms with Crippen molar-refractivity contribution in [1.82, 2.24) is 4.31 Å². The van der Waals surface area contributed by atoms with Crippen LogP contribution in [0.5, 0.6) is 0 Å². The highest BCUT2D eigenvalue weighted by Crippen LogP contribution is 2.18. The van der Waals surface area contributed by atoms with E-state index in [1.54, 1.807) is 36.4 Å². The molecule has 9 nitrogen and oxygen atoms in total. The molecule has 1 heterocycles. The molecule has 0 aliphatic rings. The zero-order valence-corrected chi connectivity index (χ0v) is 17.1. The van der Waals surface area contributed by atoms with Crippen LogP contribution in [0.3, 0.4) is 0 Å². The maximum absolute atomic E-state index is 12.9. The quantitative estimate of drug-likeness (QED) is 0.400. The fourth-order valence-electron chi connectivity index (χ4n) is 2.68. The van der Waals surface area contributed by atoms with Gasteiger partial charge in [0.1, 0.15) is 5.76 Å². The van der Waals surface area contributed by atoms with Crippen LogP contribution in [0.1, 0.15) is 11.3 Å². The fraction of sp³-hybridized carbons (Fsp3) is 0.0952. The van der Waals surface area contributed by atoms with Gasteiger partial charge in [-0.15, -0.1) is 0 Å². The third kappa shape index (κ3) is 6.36. The molecular weight excluding hydrogens is 422 g/mol. The third-order valence-corrected chi connectivity index (χ3v) is 5.62. The number of sulfonamides is 1. The summed E-state index contributed by atoms with van der Waals surface area (Å²) in [5.41, 5.74) is 0.683. The van der Waals surface area contributed by atoms with Crippen molar-refractivity contribution in [2.24, 2.45) is 0 Å². The minimum absolute atomic E-state index is 0.156. The first kappa shape index (κ1) is 21.9. The van der Waals surface area contributed by atoms with Crippen LogP contribution in [-0.2, 0) is 21.4 Å². The van der Waals surface area contributed by atoms with Crippen LogP contribution in [0, 0.1) is 10.1 Å². The van der Waals surface area contributed by atoms with E-state index in [9.17, 15) is 23.3 Å². The van der Waals surface area contributed by atoms with Gasteiger partial charge >= 0.3 is 0 Å². The minimum Gasteiger partial charge on any atom is -0.468 e. The number of nitrogens with zero attached hydrogens (tertiary/aromatic N) is 2. The van der Waals surface area contributed by atoms with Gasteiger partial charge in [-0.1, -0.05) is 36.4 Å². The number of nitro groups is 1. The molecule has 0 spiro atoms. The second kappa shape index (κ2) is 9.83. The number of hydrogen-bond donors (Lipinski definition) is 1. The number of furan rings is 1. The minimum atomic E-state index is -3.98. The number of nitrogens with one attached hydrogen (secondary N) is 1. The van der Waals surface area contributed by atoms with Crippen molar-refractivity contribution in [3.8, 4) is 0 Å². The number of carbonyl (C=O) groups is 1. The summed E-state index contributed by atoms with van der Waals surface area (Å²) in [6.45, 7) is -0.665. The van der Waals surface area contributed by atoms with Crippen molar-refractivity contribution in [2.75, 3.05) is 11.9 Å². The van der Waals surface area contributed by atoms with E-state index in [1.807, 2.05) is 6.07 Å². The Morgan fingerprint density at radius 2 is 1.87 bits per heavy atom. The Labute approximate surface area is 178 Å². The molecule has 0 radical (unpaired) electrons. The maximum Gasteiger partial charge on any atom is 0.271 e. The lowest BCUT2D eigenvalue weighted by Gasteiger charge is -2.19. The van der Waals surface area contributed by atoms with Gasteiger partial charge in [-0.05, 0) is 29.8 Å². The molecule has 0 unspecified atom stereocenters. The summed E-state index contributed by atoms with van der Waals surface area (Å²) in [7, 11) is -3.98. The second-order valence-corrected chi connectivity index (χ2v) is 8.28. The Morgan fingerprint density at radius 3 is 2.55 bits per heavy atom. The molecule has 0 fully saturated rings. The Bertz CT molecular complexity index is 1170. The predicted molar refractivity (Wildman–Crippen MR) is 115 cm³/mol. The van der Waals surface area contributed by atoms with Gasteiger partial charge in [0.25, 0.3) is 5.69 Å². The van der Waals surface area contributed by atoms with Crippen LogP contribution >= 0.6 is 0 Å². The molecule has 160 valence electrons. The van der Waals surface area contributed by atoms with Gasteiger partial charge in [0, 0.05) is 23.2 Å². The summed E-state index contributed by atoms with van der Waals surface area (Å²) in [5.74, 6) is -0.288. The lowest BCUT2D eigenvalue weighted by atomic mass is 10.2. The first-order valence-electron chi connectivity index (χ1n) is 9.13. The monoisotopic (exact) mass is 441 g/mol. The molecule has 0 aliphatic carbocycles. The van der Waals surface area contributed by atoms with Crippen molar-refractivity contribution in [3.63, 3.8) is 0 Å². The molecule has 0 atom stereocenters. The lowest BCUT2D eigenvalue weighted by molar-refractivity contribution is -0.384. The first-order valence-corrected chi connectivity index (χ1v) is 10.6. The highest BCUT2D eigenvalue weighted by atomic mass is 32.2. The average Bonchev–Trinajstić information content (AvgIpc) is 3.26. The van der Waals surface area contributed by atoms with Gasteiger partial charge in [-0.3, -0.25) is 14.9 Å². The Hall–Kier alpha value is -3.76. The van der Waals surface area contributed by atoms with Crippen LogP contribution < -0.4 is 5.32 Å². The van der Waals surface area contributed by atoms with Crippen molar-refractivity contribution in [1.29, 1.82) is 0 Å². The van der Waals surface area contributed by atoms with Crippen LogP contribution in [0.2, 0.25) is 0 Å². The van der Waals surface area contributed by atoms with Gasteiger partial charge in [-0.2, -0.15) is 4.31 Å². The molecule has 0 bridgehead atoms. The zero-order valence-electron chi connectivity index (χ0n) is 16.2. The van der Waals surface area contributed by atoms with Crippen LogP contribution in [-0.4, -0.2) is 30.1 Å². The molecule has 1 N–H and O–H groups in total. The topological polar surface area (TPSA) is 123 Å². The number of amides is 1. The molecule has 2 aromatic carbocycles. The van der Waals surface area contributed by atoms with Crippen LogP contribution in [0.25, 0.3) is 6.08 Å². The molecule has 3 rings (SSSR count). The molecule has 0 aliphatic heterocycles. The van der Waals surface area contributed by atoms with Crippen molar-refractivity contribution in [2.45, 2.75) is 6.54 Å². The summed E-state index contributed by atoms with van der Waals surface area (Å²) in [6.07, 6.45) is 2.84. The molecule has 1 aromatic heterocycles. The summed E-state index contributed by atoms with van der Waals surface area (Å²) in [6, 6.07) is 17.5. The smallest absolute Gasteiger partial charge is 0.271 e. The number of nitro benzene ring substituents is 1. The van der Waals surface area contributed by atoms with E-state index in [-0.39, 0.29) is 17.9 Å². The van der Waals surface area contributed by atoms with Crippen molar-refractivity contribution < 1.29 is 22.6 Å². The first-order chi connectivity index (χ1) is 14.8. The second-order valence-electron chi connectivity index (χ2n) is 6.46. The molecule has 31 heavy (non-hydrogen) atoms. The molecule has 3 aromatic rings. The van der Waals surface area contributed by atoms with E-state index in [0.29, 0.717) is 11.3 Å². The number of anilines is 1. The summed E-state index contributed by atoms with van der Waals surface area (Å²) < 4.78 is 32.0. The van der Waals surface area contributed by atoms with E-state index in [4.69, 9.17) is 4.42 Å². The molecule has 0 saturated carbocycles.